The Bertz CT molecular complexity index is 355. The Hall–Kier alpha value is -0.620. The van der Waals surface area contributed by atoms with Crippen LogP contribution in [0.5, 0.6) is 0 Å². The van der Waals surface area contributed by atoms with Crippen LogP contribution in [0.2, 0.25) is 0 Å². The predicted molar refractivity (Wildman–Crippen MR) is 69.2 cm³/mol. The summed E-state index contributed by atoms with van der Waals surface area (Å²) >= 11 is 0. The number of sulfonamides is 1. The van der Waals surface area contributed by atoms with Crippen LogP contribution < -0.4 is 5.32 Å². The minimum Gasteiger partial charge on any atom is -0.351 e. The highest BCUT2D eigenvalue weighted by Crippen LogP contribution is 2.07. The largest absolute Gasteiger partial charge is 0.351 e. The molecule has 0 atom stereocenters. The molecule has 1 N–H and O–H groups in total. The zero-order chi connectivity index (χ0) is 13.9. The molecule has 0 rings (SSSR count). The second-order valence-electron chi connectivity index (χ2n) is 5.52. The van der Waals surface area contributed by atoms with Crippen LogP contribution in [-0.4, -0.2) is 43.0 Å². The van der Waals surface area contributed by atoms with Crippen LogP contribution in [0.15, 0.2) is 0 Å². The van der Waals surface area contributed by atoms with Crippen molar-refractivity contribution in [1.82, 2.24) is 9.62 Å². The fourth-order valence-electron chi connectivity index (χ4n) is 1.50. The second-order valence-corrected chi connectivity index (χ2v) is 7.45. The van der Waals surface area contributed by atoms with Gasteiger partial charge in [-0.2, -0.15) is 4.31 Å². The SMILES string of the molecule is CC(C)N(CCC(=O)NC(C)(C)C)S(C)(=O)=O. The Kier molecular flexibility index (Phi) is 5.61. The topological polar surface area (TPSA) is 66.5 Å². The maximum Gasteiger partial charge on any atom is 0.221 e. The predicted octanol–water partition coefficient (Wildman–Crippen LogP) is 0.961. The molecule has 0 spiro atoms. The number of hydrogen-bond acceptors (Lipinski definition) is 3. The van der Waals surface area contributed by atoms with Gasteiger partial charge in [0, 0.05) is 24.5 Å². The molecule has 0 aliphatic carbocycles. The highest BCUT2D eigenvalue weighted by atomic mass is 32.2. The van der Waals surface area contributed by atoms with Gasteiger partial charge in [0.2, 0.25) is 15.9 Å². The Morgan fingerprint density at radius 1 is 1.29 bits per heavy atom. The van der Waals surface area contributed by atoms with E-state index >= 15 is 0 Å². The number of carbonyl (C=O) groups excluding carboxylic acids is 1. The van der Waals surface area contributed by atoms with E-state index in [-0.39, 0.29) is 30.5 Å². The van der Waals surface area contributed by atoms with Crippen LogP contribution in [-0.2, 0) is 14.8 Å². The van der Waals surface area contributed by atoms with Crippen LogP contribution in [0, 0.1) is 0 Å². The summed E-state index contributed by atoms with van der Waals surface area (Å²) in [4.78, 5) is 11.6. The van der Waals surface area contributed by atoms with Gasteiger partial charge in [0.25, 0.3) is 0 Å². The van der Waals surface area contributed by atoms with E-state index in [2.05, 4.69) is 5.32 Å². The van der Waals surface area contributed by atoms with Gasteiger partial charge >= 0.3 is 0 Å². The summed E-state index contributed by atoms with van der Waals surface area (Å²) < 4.78 is 24.3. The number of hydrogen-bond donors (Lipinski definition) is 1. The zero-order valence-electron chi connectivity index (χ0n) is 11.6. The molecule has 102 valence electrons. The molecule has 5 nitrogen and oxygen atoms in total. The third kappa shape index (κ3) is 7.33. The lowest BCUT2D eigenvalue weighted by Gasteiger charge is -2.25. The summed E-state index contributed by atoms with van der Waals surface area (Å²) in [6.45, 7) is 9.48. The summed E-state index contributed by atoms with van der Waals surface area (Å²) in [5, 5.41) is 2.80. The highest BCUT2D eigenvalue weighted by Gasteiger charge is 2.21. The first kappa shape index (κ1) is 16.4. The fourth-order valence-corrected chi connectivity index (χ4v) is 2.69. The molecule has 1 amide bonds. The van der Waals surface area contributed by atoms with Crippen molar-refractivity contribution in [1.29, 1.82) is 0 Å². The van der Waals surface area contributed by atoms with Gasteiger partial charge in [-0.15, -0.1) is 0 Å². The minimum absolute atomic E-state index is 0.132. The van der Waals surface area contributed by atoms with Gasteiger partial charge in [-0.3, -0.25) is 4.79 Å². The van der Waals surface area contributed by atoms with Crippen LogP contribution in [0.4, 0.5) is 0 Å². The molecule has 0 unspecified atom stereocenters. The molecule has 0 aromatic carbocycles. The molecule has 6 heteroatoms. The van der Waals surface area contributed by atoms with Gasteiger partial charge in [0.1, 0.15) is 0 Å². The molecule has 0 bridgehead atoms. The van der Waals surface area contributed by atoms with Crippen molar-refractivity contribution in [3.63, 3.8) is 0 Å². The lowest BCUT2D eigenvalue weighted by Crippen LogP contribution is -2.43. The average molecular weight is 264 g/mol. The molecule has 17 heavy (non-hydrogen) atoms. The standard InChI is InChI=1S/C11H24N2O3S/c1-9(2)13(17(6,15)16)8-7-10(14)12-11(3,4)5/h9H,7-8H2,1-6H3,(H,12,14). The lowest BCUT2D eigenvalue weighted by molar-refractivity contribution is -0.122. The first-order valence-corrected chi connectivity index (χ1v) is 7.56. The van der Waals surface area contributed by atoms with E-state index in [4.69, 9.17) is 0 Å². The zero-order valence-corrected chi connectivity index (χ0v) is 12.4. The van der Waals surface area contributed by atoms with Gasteiger partial charge in [-0.25, -0.2) is 8.42 Å². The maximum absolute atomic E-state index is 11.6. The Morgan fingerprint density at radius 2 is 1.76 bits per heavy atom. The van der Waals surface area contributed by atoms with Crippen molar-refractivity contribution in [3.05, 3.63) is 0 Å². The Balaban J connectivity index is 4.40. The normalized spacial score (nSPS) is 13.2. The van der Waals surface area contributed by atoms with Crippen molar-refractivity contribution in [2.75, 3.05) is 12.8 Å². The molecule has 0 fully saturated rings. The molecule has 0 saturated carbocycles. The van der Waals surface area contributed by atoms with E-state index in [1.807, 2.05) is 20.8 Å². The van der Waals surface area contributed by atoms with E-state index in [0.717, 1.165) is 6.26 Å². The van der Waals surface area contributed by atoms with Crippen molar-refractivity contribution in [2.45, 2.75) is 52.6 Å². The van der Waals surface area contributed by atoms with E-state index in [0.29, 0.717) is 0 Å². The third-order valence-electron chi connectivity index (χ3n) is 2.08. The molecule has 0 saturated heterocycles. The highest BCUT2D eigenvalue weighted by molar-refractivity contribution is 7.88. The quantitative estimate of drug-likeness (QED) is 0.804. The summed E-state index contributed by atoms with van der Waals surface area (Å²) in [5.74, 6) is -0.133. The summed E-state index contributed by atoms with van der Waals surface area (Å²) in [6, 6.07) is -0.132. The van der Waals surface area contributed by atoms with Crippen LogP contribution >= 0.6 is 0 Å². The molecule has 0 aliphatic rings. The minimum atomic E-state index is -3.25. The van der Waals surface area contributed by atoms with Crippen LogP contribution in [0.3, 0.4) is 0 Å². The smallest absolute Gasteiger partial charge is 0.221 e. The number of nitrogens with zero attached hydrogens (tertiary/aromatic N) is 1. The fraction of sp³-hybridized carbons (Fsp3) is 0.909. The van der Waals surface area contributed by atoms with Gasteiger partial charge in [0.15, 0.2) is 0 Å². The Labute approximate surface area is 105 Å². The summed E-state index contributed by atoms with van der Waals surface area (Å²) in [5.41, 5.74) is -0.287. The van der Waals surface area contributed by atoms with Gasteiger partial charge in [0.05, 0.1) is 6.26 Å². The molecule has 0 radical (unpaired) electrons. The maximum atomic E-state index is 11.6. The van der Waals surface area contributed by atoms with E-state index < -0.39 is 10.0 Å². The van der Waals surface area contributed by atoms with Crippen LogP contribution in [0.1, 0.15) is 41.0 Å². The second kappa shape index (κ2) is 5.82. The monoisotopic (exact) mass is 264 g/mol. The number of nitrogens with one attached hydrogen (secondary N) is 1. The third-order valence-corrected chi connectivity index (χ3v) is 3.53. The number of carbonyl (C=O) groups is 1. The molecular formula is C11H24N2O3S. The lowest BCUT2D eigenvalue weighted by atomic mass is 10.1. The molecule has 0 aliphatic heterocycles. The average Bonchev–Trinajstić information content (AvgIpc) is 1.96. The first-order chi connectivity index (χ1) is 7.43. The van der Waals surface area contributed by atoms with Crippen molar-refractivity contribution in [3.8, 4) is 0 Å². The molecule has 0 aromatic heterocycles. The van der Waals surface area contributed by atoms with E-state index in [1.165, 1.54) is 4.31 Å². The molecule has 0 aromatic rings. The van der Waals surface area contributed by atoms with Crippen molar-refractivity contribution >= 4 is 15.9 Å². The summed E-state index contributed by atoms with van der Waals surface area (Å²) in [6.07, 6.45) is 1.34. The van der Waals surface area contributed by atoms with E-state index in [9.17, 15) is 13.2 Å². The van der Waals surface area contributed by atoms with E-state index in [1.54, 1.807) is 13.8 Å². The van der Waals surface area contributed by atoms with Gasteiger partial charge in [-0.1, -0.05) is 0 Å². The van der Waals surface area contributed by atoms with Gasteiger partial charge in [-0.05, 0) is 34.6 Å². The van der Waals surface area contributed by atoms with Gasteiger partial charge < -0.3 is 5.32 Å². The molecular weight excluding hydrogens is 240 g/mol. The first-order valence-electron chi connectivity index (χ1n) is 5.71. The number of amides is 1. The van der Waals surface area contributed by atoms with Crippen molar-refractivity contribution < 1.29 is 13.2 Å². The Morgan fingerprint density at radius 3 is 2.06 bits per heavy atom. The van der Waals surface area contributed by atoms with Crippen LogP contribution in [0.25, 0.3) is 0 Å². The molecule has 0 heterocycles. The van der Waals surface area contributed by atoms with Crippen molar-refractivity contribution in [2.24, 2.45) is 0 Å². The number of rotatable bonds is 5. The summed E-state index contributed by atoms with van der Waals surface area (Å²) in [7, 11) is -3.25.